The fourth-order valence-corrected chi connectivity index (χ4v) is 5.55. The zero-order valence-electron chi connectivity index (χ0n) is 14.5. The van der Waals surface area contributed by atoms with Gasteiger partial charge in [-0.2, -0.15) is 4.36 Å². The van der Waals surface area contributed by atoms with Crippen LogP contribution in [-0.4, -0.2) is 31.3 Å². The van der Waals surface area contributed by atoms with E-state index in [1.165, 1.54) is 17.9 Å². The van der Waals surface area contributed by atoms with Gasteiger partial charge in [0.15, 0.2) is 0 Å². The summed E-state index contributed by atoms with van der Waals surface area (Å²) in [6.45, 7) is 3.74. The van der Waals surface area contributed by atoms with Crippen LogP contribution in [0.2, 0.25) is 5.02 Å². The monoisotopic (exact) mass is 393 g/mol. The molecule has 2 heterocycles. The Labute approximate surface area is 157 Å². The number of aromatic nitrogens is 2. The molecule has 1 N–H and O–H groups in total. The Kier molecular flexibility index (Phi) is 5.20. The molecule has 1 saturated heterocycles. The van der Waals surface area contributed by atoms with Crippen LogP contribution in [0, 0.1) is 0 Å². The lowest BCUT2D eigenvalue weighted by Gasteiger charge is -2.17. The number of hydrogen-bond donors (Lipinski definition) is 1. The molecule has 0 unspecified atom stereocenters. The van der Waals surface area contributed by atoms with Gasteiger partial charge in [-0.05, 0) is 18.9 Å². The number of carbonyl (C=O) groups is 1. The van der Waals surface area contributed by atoms with Crippen molar-refractivity contribution in [2.75, 3.05) is 11.5 Å². The SMILES string of the molecule is C=Cc1ccc(C(=O)c2c[nH]n(C)c2=O)c(Cl)c1N=S1(=O)CCCCC1. The zero-order chi connectivity index (χ0) is 18.9. The van der Waals surface area contributed by atoms with E-state index in [1.54, 1.807) is 18.2 Å². The normalized spacial score (nSPS) is 16.2. The Morgan fingerprint density at radius 2 is 2.00 bits per heavy atom. The second-order valence-corrected chi connectivity index (χ2v) is 9.20. The lowest BCUT2D eigenvalue weighted by atomic mass is 10.0. The molecule has 1 aromatic heterocycles. The molecule has 0 radical (unpaired) electrons. The zero-order valence-corrected chi connectivity index (χ0v) is 16.0. The van der Waals surface area contributed by atoms with Gasteiger partial charge < -0.3 is 5.10 Å². The first-order chi connectivity index (χ1) is 12.4. The van der Waals surface area contributed by atoms with Crippen LogP contribution in [0.15, 0.2) is 34.1 Å². The molecule has 0 bridgehead atoms. The average Bonchev–Trinajstić information content (AvgIpc) is 2.96. The van der Waals surface area contributed by atoms with Crippen molar-refractivity contribution in [2.24, 2.45) is 11.4 Å². The number of ketones is 1. The largest absolute Gasteiger partial charge is 0.302 e. The smallest absolute Gasteiger partial charge is 0.277 e. The number of rotatable bonds is 4. The van der Waals surface area contributed by atoms with Crippen molar-refractivity contribution in [3.8, 4) is 0 Å². The second kappa shape index (κ2) is 7.25. The number of nitrogens with zero attached hydrogens (tertiary/aromatic N) is 2. The highest BCUT2D eigenvalue weighted by Crippen LogP contribution is 2.36. The fourth-order valence-electron chi connectivity index (χ4n) is 2.97. The van der Waals surface area contributed by atoms with E-state index < -0.39 is 21.1 Å². The van der Waals surface area contributed by atoms with Gasteiger partial charge in [-0.25, -0.2) is 4.21 Å². The van der Waals surface area contributed by atoms with Crippen LogP contribution >= 0.6 is 11.6 Å². The van der Waals surface area contributed by atoms with Gasteiger partial charge >= 0.3 is 0 Å². The molecule has 26 heavy (non-hydrogen) atoms. The van der Waals surface area contributed by atoms with Gasteiger partial charge in [0.1, 0.15) is 5.56 Å². The van der Waals surface area contributed by atoms with Gasteiger partial charge in [0.25, 0.3) is 5.56 Å². The Morgan fingerprint density at radius 1 is 1.31 bits per heavy atom. The van der Waals surface area contributed by atoms with E-state index in [9.17, 15) is 13.8 Å². The van der Waals surface area contributed by atoms with Crippen LogP contribution in [0.25, 0.3) is 6.08 Å². The molecule has 1 fully saturated rings. The number of halogens is 1. The number of hydrogen-bond acceptors (Lipinski definition) is 4. The van der Waals surface area contributed by atoms with Crippen LogP contribution in [-0.2, 0) is 16.8 Å². The molecule has 0 saturated carbocycles. The summed E-state index contributed by atoms with van der Waals surface area (Å²) in [5, 5.41) is 2.77. The molecule has 1 aliphatic rings. The van der Waals surface area contributed by atoms with E-state index >= 15 is 0 Å². The average molecular weight is 394 g/mol. The minimum absolute atomic E-state index is 0.00597. The van der Waals surface area contributed by atoms with Crippen LogP contribution in [0.5, 0.6) is 0 Å². The third-order valence-corrected chi connectivity index (χ3v) is 7.23. The Balaban J connectivity index is 2.15. The van der Waals surface area contributed by atoms with E-state index in [0.717, 1.165) is 19.3 Å². The van der Waals surface area contributed by atoms with Crippen LogP contribution in [0.3, 0.4) is 0 Å². The van der Waals surface area contributed by atoms with E-state index in [-0.39, 0.29) is 16.1 Å². The highest BCUT2D eigenvalue weighted by Gasteiger charge is 2.23. The first-order valence-electron chi connectivity index (χ1n) is 8.33. The maximum absolute atomic E-state index is 13.0. The molecule has 1 aromatic carbocycles. The molecule has 0 spiro atoms. The van der Waals surface area contributed by atoms with Crippen molar-refractivity contribution in [2.45, 2.75) is 19.3 Å². The Hall–Kier alpha value is -2.12. The molecule has 3 rings (SSSR count). The van der Waals surface area contributed by atoms with E-state index in [2.05, 4.69) is 16.0 Å². The summed E-state index contributed by atoms with van der Waals surface area (Å²) >= 11 is 6.47. The van der Waals surface area contributed by atoms with Gasteiger partial charge in [0.2, 0.25) is 5.78 Å². The molecular weight excluding hydrogens is 374 g/mol. The van der Waals surface area contributed by atoms with Gasteiger partial charge in [0, 0.05) is 35.9 Å². The molecule has 0 amide bonds. The quantitative estimate of drug-likeness (QED) is 0.806. The van der Waals surface area contributed by atoms with Gasteiger partial charge in [-0.1, -0.05) is 36.7 Å². The topological polar surface area (TPSA) is 84.3 Å². The standard InChI is InChI=1S/C18H20ClN3O3S/c1-3-12-7-8-13(17(23)14-11-20-22(2)18(14)24)15(19)16(12)21-26(25)9-5-4-6-10-26/h3,7-8,11,20H,1,4-6,9-10H2,2H3. The van der Waals surface area contributed by atoms with Crippen LogP contribution in [0.4, 0.5) is 5.69 Å². The Morgan fingerprint density at radius 3 is 2.58 bits per heavy atom. The summed E-state index contributed by atoms with van der Waals surface area (Å²) < 4.78 is 18.7. The summed E-state index contributed by atoms with van der Waals surface area (Å²) in [5.74, 6) is 0.551. The van der Waals surface area contributed by atoms with Crippen molar-refractivity contribution < 1.29 is 9.00 Å². The highest BCUT2D eigenvalue weighted by atomic mass is 35.5. The molecule has 138 valence electrons. The summed E-state index contributed by atoms with van der Waals surface area (Å²) in [7, 11) is -0.876. The van der Waals surface area contributed by atoms with Crippen molar-refractivity contribution in [3.05, 3.63) is 57.0 Å². The predicted molar refractivity (Wildman–Crippen MR) is 105 cm³/mol. The van der Waals surface area contributed by atoms with Crippen molar-refractivity contribution in [1.82, 2.24) is 9.78 Å². The maximum atomic E-state index is 13.0. The third kappa shape index (κ3) is 3.41. The molecule has 0 atom stereocenters. The van der Waals surface area contributed by atoms with Gasteiger partial charge in [-0.15, -0.1) is 0 Å². The summed E-state index contributed by atoms with van der Waals surface area (Å²) in [6, 6.07) is 3.20. The minimum Gasteiger partial charge on any atom is -0.302 e. The lowest BCUT2D eigenvalue weighted by molar-refractivity contribution is 0.103. The third-order valence-electron chi connectivity index (χ3n) is 4.48. The predicted octanol–water partition coefficient (Wildman–Crippen LogP) is 3.52. The number of H-pyrrole nitrogens is 1. The summed E-state index contributed by atoms with van der Waals surface area (Å²) in [5.41, 5.74) is 0.643. The van der Waals surface area contributed by atoms with Gasteiger partial charge in [-0.3, -0.25) is 14.3 Å². The van der Waals surface area contributed by atoms with Crippen LogP contribution < -0.4 is 5.56 Å². The van der Waals surface area contributed by atoms with Gasteiger partial charge in [0.05, 0.1) is 20.4 Å². The number of aromatic amines is 1. The summed E-state index contributed by atoms with van der Waals surface area (Å²) in [6.07, 6.45) is 5.69. The number of benzene rings is 1. The lowest BCUT2D eigenvalue weighted by Crippen LogP contribution is -2.19. The van der Waals surface area contributed by atoms with E-state index in [4.69, 9.17) is 11.6 Å². The van der Waals surface area contributed by atoms with E-state index in [0.29, 0.717) is 22.8 Å². The minimum atomic E-state index is -2.40. The van der Waals surface area contributed by atoms with Crippen LogP contribution in [0.1, 0.15) is 40.7 Å². The molecule has 6 nitrogen and oxygen atoms in total. The first-order valence-corrected chi connectivity index (χ1v) is 10.6. The number of carbonyl (C=O) groups excluding carboxylic acids is 1. The fraction of sp³-hybridized carbons (Fsp3) is 0.333. The van der Waals surface area contributed by atoms with Crippen molar-refractivity contribution in [3.63, 3.8) is 0 Å². The highest BCUT2D eigenvalue weighted by molar-refractivity contribution is 7.93. The second-order valence-electron chi connectivity index (χ2n) is 6.28. The summed E-state index contributed by atoms with van der Waals surface area (Å²) in [4.78, 5) is 24.8. The number of aryl methyl sites for hydroxylation is 1. The number of nitrogens with one attached hydrogen (secondary N) is 1. The Bertz CT molecular complexity index is 1050. The van der Waals surface area contributed by atoms with Crippen molar-refractivity contribution in [1.29, 1.82) is 0 Å². The molecule has 1 aliphatic heterocycles. The molecule has 0 aliphatic carbocycles. The molecular formula is C18H20ClN3O3S. The molecule has 8 heteroatoms. The van der Waals surface area contributed by atoms with E-state index in [1.807, 2.05) is 0 Å². The molecule has 2 aromatic rings. The first kappa shape index (κ1) is 18.7. The van der Waals surface area contributed by atoms with Crippen molar-refractivity contribution >= 4 is 38.9 Å². The maximum Gasteiger partial charge on any atom is 0.277 e.